The van der Waals surface area contributed by atoms with Gasteiger partial charge in [-0.3, -0.25) is 0 Å². The van der Waals surface area contributed by atoms with Crippen LogP contribution in [0.25, 0.3) is 116 Å². The van der Waals surface area contributed by atoms with Gasteiger partial charge in [0, 0.05) is 55.1 Å². The fourth-order valence-corrected chi connectivity index (χ4v) is 9.82. The summed E-state index contributed by atoms with van der Waals surface area (Å²) in [7, 11) is 0. The molecule has 294 valence electrons. The van der Waals surface area contributed by atoms with Crippen LogP contribution >= 0.6 is 0 Å². The van der Waals surface area contributed by atoms with Crippen LogP contribution in [-0.2, 0) is 0 Å². The molecule has 4 heterocycles. The summed E-state index contributed by atoms with van der Waals surface area (Å²) in [5.74, 6) is 0.681. The molecule has 5 nitrogen and oxygen atoms in total. The third kappa shape index (κ3) is 5.50. The Hall–Kier alpha value is -8.54. The lowest BCUT2D eigenvalue weighted by atomic mass is 10.0. The Balaban J connectivity index is 1.13. The van der Waals surface area contributed by atoms with Gasteiger partial charge in [0.1, 0.15) is 5.52 Å². The molecule has 0 radical (unpaired) electrons. The largest absolute Gasteiger partial charge is 0.309 e. The number of fused-ring (bicyclic) bond motifs is 9. The smallest absolute Gasteiger partial charge is 0.160 e. The Morgan fingerprint density at radius 3 is 1.25 bits per heavy atom. The van der Waals surface area contributed by atoms with Crippen molar-refractivity contribution in [3.05, 3.63) is 224 Å². The molecule has 0 fully saturated rings. The molecule has 0 aliphatic carbocycles. The van der Waals surface area contributed by atoms with Crippen LogP contribution in [0.5, 0.6) is 0 Å². The van der Waals surface area contributed by atoms with Gasteiger partial charge in [0.05, 0.1) is 38.8 Å². The quantitative estimate of drug-likeness (QED) is 0.168. The van der Waals surface area contributed by atoms with Crippen LogP contribution in [0.4, 0.5) is 0 Å². The Morgan fingerprint density at radius 2 is 0.683 bits per heavy atom. The summed E-state index contributed by atoms with van der Waals surface area (Å²) in [6, 6.07) is 80.2. The second kappa shape index (κ2) is 14.0. The topological polar surface area (TPSA) is 40.6 Å². The molecule has 0 spiro atoms. The molecule has 0 unspecified atom stereocenters. The molecule has 0 saturated carbocycles. The van der Waals surface area contributed by atoms with Gasteiger partial charge in [0.15, 0.2) is 5.82 Å². The van der Waals surface area contributed by atoms with E-state index in [1.807, 2.05) is 0 Å². The second-order valence-electron chi connectivity index (χ2n) is 16.2. The summed E-state index contributed by atoms with van der Waals surface area (Å²) >= 11 is 0. The number of benzene rings is 9. The Labute approximate surface area is 363 Å². The Morgan fingerprint density at radius 1 is 0.270 bits per heavy atom. The van der Waals surface area contributed by atoms with E-state index >= 15 is 0 Å². The number of aromatic nitrogens is 5. The molecule has 13 rings (SSSR count). The molecule has 0 aliphatic rings. The third-order valence-electron chi connectivity index (χ3n) is 12.6. The molecule has 0 amide bonds. The molecule has 0 N–H and O–H groups in total. The van der Waals surface area contributed by atoms with E-state index in [2.05, 4.69) is 238 Å². The van der Waals surface area contributed by atoms with E-state index in [1.165, 1.54) is 21.7 Å². The Bertz CT molecular complexity index is 3880. The fraction of sp³-hybridized carbons (Fsp3) is 0. The Kier molecular flexibility index (Phi) is 7.84. The normalized spacial score (nSPS) is 11.8. The van der Waals surface area contributed by atoms with Gasteiger partial charge in [-0.2, -0.15) is 0 Å². The average Bonchev–Trinajstić information content (AvgIpc) is 4.00. The summed E-state index contributed by atoms with van der Waals surface area (Å²) < 4.78 is 7.07. The molecular weight excluding hydrogens is 767 g/mol. The molecule has 63 heavy (non-hydrogen) atoms. The SMILES string of the molecule is c1ccc(-c2ccc3c(c2)c2nc(-c4ccc5c(c4)c4ccccc4n5-c4ccccc4)nc(-c4ccc5c(c4)c4ccccc4n5-c4ccccc4)c2n3-c2ccccc2)cc1. The lowest BCUT2D eigenvalue weighted by Crippen LogP contribution is -2.00. The highest BCUT2D eigenvalue weighted by Crippen LogP contribution is 2.42. The van der Waals surface area contributed by atoms with E-state index in [1.54, 1.807) is 0 Å². The summed E-state index contributed by atoms with van der Waals surface area (Å²) in [5, 5.41) is 5.78. The minimum atomic E-state index is 0.681. The molecule has 0 aliphatic heterocycles. The van der Waals surface area contributed by atoms with E-state index in [4.69, 9.17) is 9.97 Å². The highest BCUT2D eigenvalue weighted by atomic mass is 15.0. The summed E-state index contributed by atoms with van der Waals surface area (Å²) in [6.07, 6.45) is 0. The van der Waals surface area contributed by atoms with Crippen molar-refractivity contribution in [2.45, 2.75) is 0 Å². The molecule has 0 bridgehead atoms. The van der Waals surface area contributed by atoms with Crippen LogP contribution in [0, 0.1) is 0 Å². The predicted molar refractivity (Wildman–Crippen MR) is 261 cm³/mol. The number of hydrogen-bond acceptors (Lipinski definition) is 2. The van der Waals surface area contributed by atoms with Gasteiger partial charge in [-0.1, -0.05) is 133 Å². The van der Waals surface area contributed by atoms with Crippen molar-refractivity contribution < 1.29 is 0 Å². The second-order valence-corrected chi connectivity index (χ2v) is 16.2. The monoisotopic (exact) mass is 803 g/mol. The first kappa shape index (κ1) is 35.2. The van der Waals surface area contributed by atoms with Crippen molar-refractivity contribution in [3.63, 3.8) is 0 Å². The summed E-state index contributed by atoms with van der Waals surface area (Å²) in [5.41, 5.74) is 16.0. The van der Waals surface area contributed by atoms with Crippen LogP contribution in [0.1, 0.15) is 0 Å². The van der Waals surface area contributed by atoms with Gasteiger partial charge >= 0.3 is 0 Å². The summed E-state index contributed by atoms with van der Waals surface area (Å²) in [4.78, 5) is 11.3. The van der Waals surface area contributed by atoms with Crippen LogP contribution in [0.15, 0.2) is 224 Å². The average molecular weight is 804 g/mol. The van der Waals surface area contributed by atoms with Crippen molar-refractivity contribution >= 4 is 65.5 Å². The first-order chi connectivity index (χ1) is 31.3. The first-order valence-corrected chi connectivity index (χ1v) is 21.4. The van der Waals surface area contributed by atoms with Crippen LogP contribution in [-0.4, -0.2) is 23.7 Å². The lowest BCUT2D eigenvalue weighted by Gasteiger charge is -2.13. The molecule has 0 saturated heterocycles. The number of nitrogens with zero attached hydrogens (tertiary/aromatic N) is 5. The molecule has 5 heteroatoms. The molecule has 9 aromatic carbocycles. The van der Waals surface area contributed by atoms with Crippen LogP contribution in [0.3, 0.4) is 0 Å². The lowest BCUT2D eigenvalue weighted by molar-refractivity contribution is 1.15. The number of para-hydroxylation sites is 5. The van der Waals surface area contributed by atoms with Gasteiger partial charge in [0.2, 0.25) is 0 Å². The minimum Gasteiger partial charge on any atom is -0.309 e. The first-order valence-electron chi connectivity index (χ1n) is 21.4. The van der Waals surface area contributed by atoms with E-state index < -0.39 is 0 Å². The van der Waals surface area contributed by atoms with E-state index in [0.717, 1.165) is 88.9 Å². The predicted octanol–water partition coefficient (Wildman–Crippen LogP) is 14.8. The van der Waals surface area contributed by atoms with Crippen molar-refractivity contribution in [1.82, 2.24) is 23.7 Å². The standard InChI is InChI=1S/C58H37N5/c1-5-17-38(18-6-1)39-29-32-54-49(35-39)56-57(63(54)44-23-11-4-12-24-44)55(40-30-33-52-47(36-40)45-25-13-15-27-50(45)61(52)42-19-7-2-8-20-42)59-58(60-56)41-31-34-53-48(37-41)46-26-14-16-28-51(46)62(53)43-21-9-3-10-22-43/h1-37H. The van der Waals surface area contributed by atoms with Gasteiger partial charge in [0.25, 0.3) is 0 Å². The van der Waals surface area contributed by atoms with Crippen molar-refractivity contribution in [1.29, 1.82) is 0 Å². The molecular formula is C58H37N5. The number of rotatable bonds is 6. The van der Waals surface area contributed by atoms with Crippen molar-refractivity contribution in [2.24, 2.45) is 0 Å². The maximum atomic E-state index is 5.66. The molecule has 13 aromatic rings. The van der Waals surface area contributed by atoms with Crippen LogP contribution in [0.2, 0.25) is 0 Å². The van der Waals surface area contributed by atoms with Crippen molar-refractivity contribution in [2.75, 3.05) is 0 Å². The highest BCUT2D eigenvalue weighted by molar-refractivity contribution is 6.15. The zero-order valence-electron chi connectivity index (χ0n) is 34.1. The van der Waals surface area contributed by atoms with Crippen LogP contribution < -0.4 is 0 Å². The van der Waals surface area contributed by atoms with Gasteiger partial charge < -0.3 is 13.7 Å². The van der Waals surface area contributed by atoms with E-state index in [-0.39, 0.29) is 0 Å². The van der Waals surface area contributed by atoms with Gasteiger partial charge in [-0.05, 0) is 102 Å². The van der Waals surface area contributed by atoms with Gasteiger partial charge in [-0.15, -0.1) is 0 Å². The van der Waals surface area contributed by atoms with E-state index in [0.29, 0.717) is 5.82 Å². The van der Waals surface area contributed by atoms with E-state index in [9.17, 15) is 0 Å². The third-order valence-corrected chi connectivity index (χ3v) is 12.6. The summed E-state index contributed by atoms with van der Waals surface area (Å²) in [6.45, 7) is 0. The minimum absolute atomic E-state index is 0.681. The van der Waals surface area contributed by atoms with Crippen molar-refractivity contribution in [3.8, 4) is 50.8 Å². The number of hydrogen-bond donors (Lipinski definition) is 0. The zero-order chi connectivity index (χ0) is 41.4. The maximum Gasteiger partial charge on any atom is 0.160 e. The zero-order valence-corrected chi connectivity index (χ0v) is 34.1. The van der Waals surface area contributed by atoms with Gasteiger partial charge in [-0.25, -0.2) is 9.97 Å². The molecule has 0 atom stereocenters. The maximum absolute atomic E-state index is 5.66. The highest BCUT2D eigenvalue weighted by Gasteiger charge is 2.24. The fourth-order valence-electron chi connectivity index (χ4n) is 9.82. The molecule has 4 aromatic heterocycles.